The normalized spacial score (nSPS) is 24.4. The van der Waals surface area contributed by atoms with Crippen LogP contribution >= 0.6 is 11.6 Å². The van der Waals surface area contributed by atoms with Crippen LogP contribution in [-0.4, -0.2) is 70.5 Å². The molecule has 9 nitrogen and oxygen atoms in total. The van der Waals surface area contributed by atoms with E-state index in [1.165, 1.54) is 4.90 Å². The predicted molar refractivity (Wildman–Crippen MR) is 134 cm³/mol. The second-order valence-electron chi connectivity index (χ2n) is 10.0. The van der Waals surface area contributed by atoms with Crippen molar-refractivity contribution in [2.45, 2.75) is 44.3 Å². The van der Waals surface area contributed by atoms with Gasteiger partial charge < -0.3 is 14.7 Å². The minimum Gasteiger partial charge on any atom is -0.366 e. The Balaban J connectivity index is 1.21. The third-order valence-electron chi connectivity index (χ3n) is 7.88. The largest absolute Gasteiger partial charge is 0.423 e. The van der Waals surface area contributed by atoms with Crippen LogP contribution in [0.5, 0.6) is 0 Å². The molecule has 2 saturated heterocycles. The summed E-state index contributed by atoms with van der Waals surface area (Å²) in [5.41, 5.74) is -2.87. The Labute approximate surface area is 222 Å². The molecule has 1 aliphatic carbocycles. The summed E-state index contributed by atoms with van der Waals surface area (Å²) in [7, 11) is 0. The third kappa shape index (κ3) is 5.23. The third-order valence-corrected chi connectivity index (χ3v) is 8.10. The molecule has 1 amide bonds. The van der Waals surface area contributed by atoms with Crippen molar-refractivity contribution in [3.63, 3.8) is 0 Å². The number of piperazine rings is 1. The van der Waals surface area contributed by atoms with Crippen LogP contribution in [0.1, 0.15) is 37.7 Å². The minimum absolute atomic E-state index is 0.0781. The fraction of sp³-hybridized carbons (Fsp3) is 0.560. The number of ketones is 1. The van der Waals surface area contributed by atoms with Crippen molar-refractivity contribution < 1.29 is 22.8 Å². The van der Waals surface area contributed by atoms with Crippen molar-refractivity contribution in [2.24, 2.45) is 11.8 Å². The van der Waals surface area contributed by atoms with Crippen LogP contribution in [0.25, 0.3) is 0 Å². The van der Waals surface area contributed by atoms with Gasteiger partial charge in [-0.05, 0) is 37.8 Å². The summed E-state index contributed by atoms with van der Waals surface area (Å²) >= 11 is 5.90. The summed E-state index contributed by atoms with van der Waals surface area (Å²) in [5, 5.41) is 6.01. The van der Waals surface area contributed by atoms with Gasteiger partial charge in [0.1, 0.15) is 17.2 Å². The number of rotatable bonds is 5. The molecule has 0 aromatic carbocycles. The number of hydrogen-bond donors (Lipinski definition) is 1. The molecule has 1 N–H and O–H groups in total. The SMILES string of the molecule is O=C1[C@@H](CC(=O)N2CCN(c3ccc(Cl)cn3)CC2)CC[C@@H]1[C@@H]1CCCN1c1cn[nH]c(=O)c1C(F)(F)F. The lowest BCUT2D eigenvalue weighted by Gasteiger charge is -2.36. The Hall–Kier alpha value is -3.15. The van der Waals surface area contributed by atoms with Crippen molar-refractivity contribution in [1.82, 2.24) is 20.1 Å². The maximum absolute atomic E-state index is 13.7. The van der Waals surface area contributed by atoms with Gasteiger partial charge in [0, 0.05) is 63.2 Å². The molecule has 0 spiro atoms. The first-order chi connectivity index (χ1) is 18.1. The van der Waals surface area contributed by atoms with Crippen LogP contribution in [0.4, 0.5) is 24.7 Å². The number of carbonyl (C=O) groups excluding carboxylic acids is 2. The molecule has 4 heterocycles. The first kappa shape index (κ1) is 26.5. The summed E-state index contributed by atoms with van der Waals surface area (Å²) < 4.78 is 41.0. The number of amides is 1. The number of carbonyl (C=O) groups is 2. The first-order valence-corrected chi connectivity index (χ1v) is 13.1. The van der Waals surface area contributed by atoms with Gasteiger partial charge in [-0.3, -0.25) is 14.4 Å². The molecule has 1 saturated carbocycles. The van der Waals surface area contributed by atoms with Crippen LogP contribution in [-0.2, 0) is 15.8 Å². The van der Waals surface area contributed by atoms with Gasteiger partial charge in [-0.15, -0.1) is 0 Å². The lowest BCUT2D eigenvalue weighted by molar-refractivity contribution is -0.138. The first-order valence-electron chi connectivity index (χ1n) is 12.7. The average Bonchev–Trinajstić information content (AvgIpc) is 3.50. The molecule has 38 heavy (non-hydrogen) atoms. The van der Waals surface area contributed by atoms with Gasteiger partial charge in [-0.25, -0.2) is 10.1 Å². The van der Waals surface area contributed by atoms with Crippen molar-refractivity contribution in [3.05, 3.63) is 45.5 Å². The summed E-state index contributed by atoms with van der Waals surface area (Å²) in [6, 6.07) is 3.15. The molecule has 0 bridgehead atoms. The molecule has 204 valence electrons. The Morgan fingerprint density at radius 3 is 2.50 bits per heavy atom. The van der Waals surface area contributed by atoms with E-state index in [1.807, 2.05) is 11.2 Å². The molecule has 3 atom stereocenters. The fourth-order valence-electron chi connectivity index (χ4n) is 6.02. The zero-order valence-corrected chi connectivity index (χ0v) is 21.3. The van der Waals surface area contributed by atoms with Crippen molar-refractivity contribution in [2.75, 3.05) is 42.5 Å². The van der Waals surface area contributed by atoms with Gasteiger partial charge in [0.25, 0.3) is 5.56 Å². The lowest BCUT2D eigenvalue weighted by atomic mass is 9.91. The number of nitrogens with one attached hydrogen (secondary N) is 1. The number of pyridine rings is 1. The molecule has 3 aliphatic rings. The molecule has 2 aromatic rings. The highest BCUT2D eigenvalue weighted by Crippen LogP contribution is 2.42. The Morgan fingerprint density at radius 2 is 1.82 bits per heavy atom. The molecule has 5 rings (SSSR count). The summed E-state index contributed by atoms with van der Waals surface area (Å²) in [4.78, 5) is 48.1. The van der Waals surface area contributed by atoms with Gasteiger partial charge in [0.2, 0.25) is 5.91 Å². The molecule has 2 aliphatic heterocycles. The number of alkyl halides is 3. The van der Waals surface area contributed by atoms with E-state index in [0.717, 1.165) is 12.0 Å². The molecule has 2 aromatic heterocycles. The number of nitrogens with zero attached hydrogens (tertiary/aromatic N) is 5. The van der Waals surface area contributed by atoms with Gasteiger partial charge in [-0.2, -0.15) is 18.3 Å². The minimum atomic E-state index is -4.85. The highest BCUT2D eigenvalue weighted by atomic mass is 35.5. The predicted octanol–water partition coefficient (Wildman–Crippen LogP) is 3.14. The maximum atomic E-state index is 13.7. The van der Waals surface area contributed by atoms with Crippen LogP contribution < -0.4 is 15.4 Å². The Bertz CT molecular complexity index is 1250. The molecular weight excluding hydrogens is 525 g/mol. The van der Waals surface area contributed by atoms with E-state index in [9.17, 15) is 27.6 Å². The number of Topliss-reactive ketones (excluding diaryl/α,β-unsaturated/α-hetero) is 1. The Kier molecular flexibility index (Phi) is 7.34. The van der Waals surface area contributed by atoms with E-state index in [4.69, 9.17) is 11.6 Å². The quantitative estimate of drug-likeness (QED) is 0.608. The van der Waals surface area contributed by atoms with Crippen molar-refractivity contribution in [3.8, 4) is 0 Å². The molecule has 0 unspecified atom stereocenters. The molecule has 0 radical (unpaired) electrons. The summed E-state index contributed by atoms with van der Waals surface area (Å²) in [6.45, 7) is 2.56. The van der Waals surface area contributed by atoms with E-state index in [-0.39, 0.29) is 23.8 Å². The van der Waals surface area contributed by atoms with E-state index in [1.54, 1.807) is 17.2 Å². The zero-order chi connectivity index (χ0) is 27.0. The number of aromatic amines is 1. The van der Waals surface area contributed by atoms with Crippen LogP contribution in [0, 0.1) is 11.8 Å². The standard InChI is InChI=1S/C25H28ClF3N6O3/c26-16-4-6-20(30-13-16)33-8-10-34(11-9-33)21(36)12-15-3-5-17(23(15)37)18-2-1-7-35(18)19-14-31-32-24(38)22(19)25(27,28)29/h4,6,13-15,17-18H,1-3,5,7-12H2,(H,32,38)/t15-,17-,18+/m1/s1. The highest BCUT2D eigenvalue weighted by molar-refractivity contribution is 6.30. The topological polar surface area (TPSA) is 102 Å². The number of aromatic nitrogens is 3. The second-order valence-corrected chi connectivity index (χ2v) is 10.5. The lowest BCUT2D eigenvalue weighted by Crippen LogP contribution is -2.49. The van der Waals surface area contributed by atoms with E-state index >= 15 is 0 Å². The van der Waals surface area contributed by atoms with Gasteiger partial charge in [0.15, 0.2) is 0 Å². The fourth-order valence-corrected chi connectivity index (χ4v) is 6.13. The molecule has 13 heteroatoms. The van der Waals surface area contributed by atoms with E-state index in [0.29, 0.717) is 63.4 Å². The molecular formula is C25H28ClF3N6O3. The van der Waals surface area contributed by atoms with Crippen molar-refractivity contribution in [1.29, 1.82) is 0 Å². The van der Waals surface area contributed by atoms with Gasteiger partial charge in [0.05, 0.1) is 16.9 Å². The van der Waals surface area contributed by atoms with E-state index < -0.39 is 35.2 Å². The molecule has 3 fully saturated rings. The number of anilines is 2. The number of H-pyrrole nitrogens is 1. The number of hydrogen-bond acceptors (Lipinski definition) is 7. The van der Waals surface area contributed by atoms with E-state index in [2.05, 4.69) is 15.0 Å². The van der Waals surface area contributed by atoms with Gasteiger partial charge in [-0.1, -0.05) is 11.6 Å². The van der Waals surface area contributed by atoms with Crippen molar-refractivity contribution >= 4 is 34.8 Å². The smallest absolute Gasteiger partial charge is 0.366 e. The highest BCUT2D eigenvalue weighted by Gasteiger charge is 2.46. The Morgan fingerprint density at radius 1 is 1.05 bits per heavy atom. The van der Waals surface area contributed by atoms with Crippen LogP contribution in [0.15, 0.2) is 29.3 Å². The maximum Gasteiger partial charge on any atom is 0.423 e. The summed E-state index contributed by atoms with van der Waals surface area (Å²) in [5.74, 6) is -0.311. The van der Waals surface area contributed by atoms with Gasteiger partial charge >= 0.3 is 6.18 Å². The van der Waals surface area contributed by atoms with Crippen LogP contribution in [0.2, 0.25) is 5.02 Å². The monoisotopic (exact) mass is 552 g/mol. The zero-order valence-electron chi connectivity index (χ0n) is 20.6. The average molecular weight is 553 g/mol. The number of halogens is 4. The van der Waals surface area contributed by atoms with Crippen LogP contribution in [0.3, 0.4) is 0 Å². The second kappa shape index (κ2) is 10.5. The summed E-state index contributed by atoms with van der Waals surface area (Å²) in [6.07, 6.45) is 0.0278.